The minimum atomic E-state index is -0.757. The lowest BCUT2D eigenvalue weighted by atomic mass is 10.1. The average Bonchev–Trinajstić information content (AvgIpc) is 2.88. The number of unbranched alkanes of at least 4 members (excludes halogenated alkanes) is 1. The summed E-state index contributed by atoms with van der Waals surface area (Å²) in [4.78, 5) is 14.3. The number of aromatic hydroxyl groups is 1. The lowest BCUT2D eigenvalue weighted by Crippen LogP contribution is -2.23. The van der Waals surface area contributed by atoms with Gasteiger partial charge in [0.05, 0.1) is 12.2 Å². The number of benzene rings is 3. The van der Waals surface area contributed by atoms with Crippen molar-refractivity contribution in [2.24, 2.45) is 0 Å². The molecule has 1 unspecified atom stereocenters. The van der Waals surface area contributed by atoms with Gasteiger partial charge in [-0.2, -0.15) is 0 Å². The van der Waals surface area contributed by atoms with Crippen molar-refractivity contribution < 1.29 is 19.7 Å². The van der Waals surface area contributed by atoms with E-state index in [0.29, 0.717) is 35.4 Å². The number of ether oxygens (including phenoxy) is 2. The van der Waals surface area contributed by atoms with Crippen molar-refractivity contribution >= 4 is 0 Å². The summed E-state index contributed by atoms with van der Waals surface area (Å²) in [5.41, 5.74) is 6.69. The molecule has 1 aromatic heterocycles. The summed E-state index contributed by atoms with van der Waals surface area (Å²) < 4.78 is 11.1. The van der Waals surface area contributed by atoms with E-state index in [1.165, 1.54) is 6.07 Å². The number of nitrogens with zero attached hydrogens (tertiary/aromatic N) is 3. The van der Waals surface area contributed by atoms with Crippen LogP contribution in [0.15, 0.2) is 54.6 Å². The largest absolute Gasteiger partial charge is 0.507 e. The Morgan fingerprint density at radius 2 is 1.26 bits per heavy atom. The minimum Gasteiger partial charge on any atom is -0.507 e. The summed E-state index contributed by atoms with van der Waals surface area (Å²) in [7, 11) is 0. The molecule has 0 aliphatic rings. The molecule has 2 N–H and O–H groups in total. The Hall–Kier alpha value is -3.81. The van der Waals surface area contributed by atoms with Crippen molar-refractivity contribution in [2.75, 3.05) is 19.8 Å². The molecular formula is C32H37N3O4. The third kappa shape index (κ3) is 7.62. The van der Waals surface area contributed by atoms with E-state index in [-0.39, 0.29) is 19.0 Å². The van der Waals surface area contributed by atoms with Crippen LogP contribution in [0.3, 0.4) is 0 Å². The summed E-state index contributed by atoms with van der Waals surface area (Å²) in [6, 6.07) is 17.4. The molecule has 0 saturated heterocycles. The molecule has 204 valence electrons. The van der Waals surface area contributed by atoms with Crippen LogP contribution in [0.1, 0.15) is 42.0 Å². The van der Waals surface area contributed by atoms with Gasteiger partial charge in [-0.15, -0.1) is 0 Å². The van der Waals surface area contributed by atoms with Crippen molar-refractivity contribution in [3.05, 3.63) is 76.9 Å². The molecule has 1 atom stereocenters. The van der Waals surface area contributed by atoms with Crippen LogP contribution in [-0.4, -0.2) is 51.1 Å². The number of hydrogen-bond donors (Lipinski definition) is 2. The molecule has 0 amide bonds. The van der Waals surface area contributed by atoms with E-state index in [1.54, 1.807) is 12.1 Å². The first-order chi connectivity index (χ1) is 18.7. The van der Waals surface area contributed by atoms with E-state index in [2.05, 4.69) is 19.1 Å². The Labute approximate surface area is 230 Å². The molecular weight excluding hydrogens is 490 g/mol. The standard InChI is InChI=1S/C32H37N3O4/c1-6-7-10-38-18-26(36)19-39-27-8-9-28(29(37)17-27)32-34-30(24-13-20(2)11-21(3)14-24)33-31(35-32)25-15-22(4)12-23(5)16-25/h8-9,11-17,26,36-37H,6-7,10,18-19H2,1-5H3. The van der Waals surface area contributed by atoms with Gasteiger partial charge in [0.25, 0.3) is 0 Å². The lowest BCUT2D eigenvalue weighted by Gasteiger charge is -2.14. The molecule has 39 heavy (non-hydrogen) atoms. The first-order valence-corrected chi connectivity index (χ1v) is 13.4. The molecule has 0 aliphatic heterocycles. The molecule has 0 aliphatic carbocycles. The van der Waals surface area contributed by atoms with Crippen molar-refractivity contribution in [1.82, 2.24) is 15.0 Å². The van der Waals surface area contributed by atoms with Crippen molar-refractivity contribution in [3.63, 3.8) is 0 Å². The van der Waals surface area contributed by atoms with Gasteiger partial charge in [0, 0.05) is 23.8 Å². The van der Waals surface area contributed by atoms with Gasteiger partial charge in [0.15, 0.2) is 17.5 Å². The lowest BCUT2D eigenvalue weighted by molar-refractivity contribution is 0.0113. The minimum absolute atomic E-state index is 0.0230. The zero-order valence-electron chi connectivity index (χ0n) is 23.4. The van der Waals surface area contributed by atoms with Crippen LogP contribution in [0.2, 0.25) is 0 Å². The number of aromatic nitrogens is 3. The number of aliphatic hydroxyl groups excluding tert-OH is 1. The second kappa shape index (κ2) is 12.8. The third-order valence-electron chi connectivity index (χ3n) is 6.20. The zero-order chi connectivity index (χ0) is 27.9. The number of hydrogen-bond acceptors (Lipinski definition) is 7. The van der Waals surface area contributed by atoms with Crippen LogP contribution in [-0.2, 0) is 4.74 Å². The fourth-order valence-electron chi connectivity index (χ4n) is 4.46. The molecule has 0 saturated carbocycles. The Morgan fingerprint density at radius 3 is 1.77 bits per heavy atom. The van der Waals surface area contributed by atoms with Gasteiger partial charge in [-0.05, 0) is 70.5 Å². The molecule has 0 bridgehead atoms. The molecule has 7 nitrogen and oxygen atoms in total. The predicted molar refractivity (Wildman–Crippen MR) is 154 cm³/mol. The van der Waals surface area contributed by atoms with E-state index < -0.39 is 6.10 Å². The van der Waals surface area contributed by atoms with Crippen LogP contribution in [0.5, 0.6) is 11.5 Å². The van der Waals surface area contributed by atoms with E-state index >= 15 is 0 Å². The highest BCUT2D eigenvalue weighted by molar-refractivity contribution is 5.71. The maximum Gasteiger partial charge on any atom is 0.167 e. The second-order valence-electron chi connectivity index (χ2n) is 10.1. The van der Waals surface area contributed by atoms with Gasteiger partial charge in [0.2, 0.25) is 0 Å². The highest BCUT2D eigenvalue weighted by Crippen LogP contribution is 2.33. The first-order valence-electron chi connectivity index (χ1n) is 13.4. The van der Waals surface area contributed by atoms with E-state index in [9.17, 15) is 10.2 Å². The highest BCUT2D eigenvalue weighted by Gasteiger charge is 2.16. The van der Waals surface area contributed by atoms with Crippen LogP contribution in [0.25, 0.3) is 34.2 Å². The van der Waals surface area contributed by atoms with Crippen molar-refractivity contribution in [1.29, 1.82) is 0 Å². The molecule has 0 radical (unpaired) electrons. The molecule has 1 heterocycles. The Bertz CT molecular complexity index is 1330. The van der Waals surface area contributed by atoms with Crippen LogP contribution < -0.4 is 4.74 Å². The number of phenols is 1. The van der Waals surface area contributed by atoms with Gasteiger partial charge in [-0.25, -0.2) is 15.0 Å². The molecule has 4 rings (SSSR count). The summed E-state index contributed by atoms with van der Waals surface area (Å²) in [5, 5.41) is 21.1. The van der Waals surface area contributed by atoms with Crippen LogP contribution in [0, 0.1) is 27.7 Å². The Kier molecular flexibility index (Phi) is 9.28. The normalized spacial score (nSPS) is 11.9. The first kappa shape index (κ1) is 28.2. The second-order valence-corrected chi connectivity index (χ2v) is 10.1. The van der Waals surface area contributed by atoms with Gasteiger partial charge in [0.1, 0.15) is 24.2 Å². The van der Waals surface area contributed by atoms with Gasteiger partial charge in [-0.3, -0.25) is 0 Å². The number of phenolic OH excluding ortho intramolecular Hbond substituents is 1. The topological polar surface area (TPSA) is 97.6 Å². The summed E-state index contributed by atoms with van der Waals surface area (Å²) in [6.45, 7) is 11.1. The Morgan fingerprint density at radius 1 is 0.718 bits per heavy atom. The fraction of sp³-hybridized carbons (Fsp3) is 0.344. The molecule has 0 fully saturated rings. The maximum atomic E-state index is 10.9. The fourth-order valence-corrected chi connectivity index (χ4v) is 4.46. The summed E-state index contributed by atoms with van der Waals surface area (Å²) in [5.74, 6) is 1.84. The van der Waals surface area contributed by atoms with Crippen molar-refractivity contribution in [3.8, 4) is 45.7 Å². The van der Waals surface area contributed by atoms with E-state index in [1.807, 2.05) is 52.0 Å². The van der Waals surface area contributed by atoms with Crippen LogP contribution in [0.4, 0.5) is 0 Å². The van der Waals surface area contributed by atoms with Gasteiger partial charge < -0.3 is 19.7 Å². The molecule has 7 heteroatoms. The van der Waals surface area contributed by atoms with Crippen LogP contribution >= 0.6 is 0 Å². The summed E-state index contributed by atoms with van der Waals surface area (Å²) in [6.07, 6.45) is 1.24. The predicted octanol–water partition coefficient (Wildman–Crippen LogP) is 6.37. The zero-order valence-corrected chi connectivity index (χ0v) is 23.4. The third-order valence-corrected chi connectivity index (χ3v) is 6.20. The van der Waals surface area contributed by atoms with Crippen molar-refractivity contribution in [2.45, 2.75) is 53.6 Å². The number of aryl methyl sites for hydroxylation is 4. The quantitative estimate of drug-likeness (QED) is 0.219. The van der Waals surface area contributed by atoms with Gasteiger partial charge in [-0.1, -0.05) is 47.7 Å². The van der Waals surface area contributed by atoms with E-state index in [4.69, 9.17) is 24.4 Å². The molecule has 0 spiro atoms. The molecule has 3 aromatic carbocycles. The maximum absolute atomic E-state index is 10.9. The number of aliphatic hydroxyl groups is 1. The van der Waals surface area contributed by atoms with E-state index in [0.717, 1.165) is 46.2 Å². The highest BCUT2D eigenvalue weighted by atomic mass is 16.5. The average molecular weight is 528 g/mol. The summed E-state index contributed by atoms with van der Waals surface area (Å²) >= 11 is 0. The monoisotopic (exact) mass is 527 g/mol. The smallest absolute Gasteiger partial charge is 0.167 e. The number of rotatable bonds is 11. The SMILES string of the molecule is CCCCOCC(O)COc1ccc(-c2nc(-c3cc(C)cc(C)c3)nc(-c3cc(C)cc(C)c3)n2)c(O)c1. The Balaban J connectivity index is 1.66. The molecule has 4 aromatic rings. The van der Waals surface area contributed by atoms with Gasteiger partial charge >= 0.3 is 0 Å².